The second-order valence-corrected chi connectivity index (χ2v) is 4.43. The van der Waals surface area contributed by atoms with E-state index in [2.05, 4.69) is 4.74 Å². The van der Waals surface area contributed by atoms with E-state index in [4.69, 9.17) is 10.5 Å². The van der Waals surface area contributed by atoms with Gasteiger partial charge in [-0.3, -0.25) is 0 Å². The van der Waals surface area contributed by atoms with Crippen molar-refractivity contribution in [3.63, 3.8) is 0 Å². The Morgan fingerprint density at radius 3 is 2.58 bits per heavy atom. The van der Waals surface area contributed by atoms with E-state index < -0.39 is 6.61 Å². The Balaban J connectivity index is 0.00000180. The number of hydrogen-bond acceptors (Lipinski definition) is 3. The predicted molar refractivity (Wildman–Crippen MR) is 70.8 cm³/mol. The van der Waals surface area contributed by atoms with Crippen LogP contribution in [0.4, 0.5) is 8.78 Å². The van der Waals surface area contributed by atoms with E-state index in [0.29, 0.717) is 19.1 Å². The van der Waals surface area contributed by atoms with Gasteiger partial charge in [0, 0.05) is 19.3 Å². The largest absolute Gasteiger partial charge is 0.435 e. The summed E-state index contributed by atoms with van der Waals surface area (Å²) in [5, 5.41) is 0. The van der Waals surface area contributed by atoms with Crippen molar-refractivity contribution in [1.29, 1.82) is 0 Å². The summed E-state index contributed by atoms with van der Waals surface area (Å²) in [5.74, 6) is 0.491. The molecule has 0 aromatic heterocycles. The van der Waals surface area contributed by atoms with Crippen LogP contribution in [0.2, 0.25) is 0 Å². The van der Waals surface area contributed by atoms with E-state index in [0.717, 1.165) is 18.4 Å². The van der Waals surface area contributed by atoms with Crippen molar-refractivity contribution in [2.75, 3.05) is 13.2 Å². The zero-order chi connectivity index (χ0) is 13.0. The minimum atomic E-state index is -2.81. The molecule has 1 aromatic rings. The molecule has 0 aliphatic carbocycles. The average molecular weight is 294 g/mol. The molecule has 2 rings (SSSR count). The lowest BCUT2D eigenvalue weighted by molar-refractivity contribution is -0.0499. The maximum atomic E-state index is 12.1. The first kappa shape index (κ1) is 16.1. The van der Waals surface area contributed by atoms with Crippen molar-refractivity contribution in [3.8, 4) is 5.75 Å². The summed E-state index contributed by atoms with van der Waals surface area (Å²) in [7, 11) is 0. The summed E-state index contributed by atoms with van der Waals surface area (Å²) >= 11 is 0. The smallest absolute Gasteiger partial charge is 0.387 e. The second kappa shape index (κ2) is 7.62. The highest BCUT2D eigenvalue weighted by atomic mass is 35.5. The standard InChI is InChI=1S/C13H17F2NO2.ClH/c14-13(15)18-11-3-1-2-10(8-11)12(16)9-4-6-17-7-5-9;/h1-3,8-9,12-13H,4-7,16H2;1H/t12-;/m1./s1. The number of benzene rings is 1. The summed E-state index contributed by atoms with van der Waals surface area (Å²) in [4.78, 5) is 0. The van der Waals surface area contributed by atoms with E-state index >= 15 is 0 Å². The Morgan fingerprint density at radius 2 is 1.95 bits per heavy atom. The quantitative estimate of drug-likeness (QED) is 0.927. The van der Waals surface area contributed by atoms with Gasteiger partial charge >= 0.3 is 6.61 Å². The molecule has 19 heavy (non-hydrogen) atoms. The van der Waals surface area contributed by atoms with Crippen molar-refractivity contribution >= 4 is 12.4 Å². The van der Waals surface area contributed by atoms with Crippen LogP contribution in [-0.4, -0.2) is 19.8 Å². The van der Waals surface area contributed by atoms with Crippen LogP contribution in [0.1, 0.15) is 24.4 Å². The fourth-order valence-corrected chi connectivity index (χ4v) is 2.25. The van der Waals surface area contributed by atoms with Crippen LogP contribution in [0.5, 0.6) is 5.75 Å². The lowest BCUT2D eigenvalue weighted by Crippen LogP contribution is -2.27. The van der Waals surface area contributed by atoms with Gasteiger partial charge in [0.05, 0.1) is 0 Å². The first-order chi connectivity index (χ1) is 8.66. The molecule has 0 amide bonds. The maximum absolute atomic E-state index is 12.1. The minimum Gasteiger partial charge on any atom is -0.435 e. The molecule has 0 spiro atoms. The van der Waals surface area contributed by atoms with Crippen LogP contribution in [0, 0.1) is 5.92 Å². The molecule has 0 saturated carbocycles. The highest BCUT2D eigenvalue weighted by Crippen LogP contribution is 2.29. The van der Waals surface area contributed by atoms with Gasteiger partial charge in [0.1, 0.15) is 5.75 Å². The molecule has 108 valence electrons. The second-order valence-electron chi connectivity index (χ2n) is 4.43. The van der Waals surface area contributed by atoms with Crippen LogP contribution < -0.4 is 10.5 Å². The SMILES string of the molecule is Cl.N[C@@H](c1cccc(OC(F)F)c1)C1CCOCC1. The number of nitrogens with two attached hydrogens (primary N) is 1. The number of rotatable bonds is 4. The van der Waals surface area contributed by atoms with E-state index in [9.17, 15) is 8.78 Å². The van der Waals surface area contributed by atoms with E-state index in [1.54, 1.807) is 12.1 Å². The van der Waals surface area contributed by atoms with Gasteiger partial charge in [0.15, 0.2) is 0 Å². The van der Waals surface area contributed by atoms with Crippen LogP contribution in [-0.2, 0) is 4.74 Å². The van der Waals surface area contributed by atoms with Gasteiger partial charge in [-0.05, 0) is 36.5 Å². The molecule has 1 fully saturated rings. The van der Waals surface area contributed by atoms with Gasteiger partial charge in [-0.15, -0.1) is 12.4 Å². The molecule has 6 heteroatoms. The fraction of sp³-hybridized carbons (Fsp3) is 0.538. The molecule has 1 aliphatic heterocycles. The minimum absolute atomic E-state index is 0. The van der Waals surface area contributed by atoms with E-state index in [1.807, 2.05) is 6.07 Å². The fourth-order valence-electron chi connectivity index (χ4n) is 2.25. The first-order valence-corrected chi connectivity index (χ1v) is 6.05. The zero-order valence-electron chi connectivity index (χ0n) is 10.4. The third-order valence-electron chi connectivity index (χ3n) is 3.24. The van der Waals surface area contributed by atoms with Crippen molar-refractivity contribution in [1.82, 2.24) is 0 Å². The molecule has 1 atom stereocenters. The van der Waals surface area contributed by atoms with Crippen LogP contribution >= 0.6 is 12.4 Å². The van der Waals surface area contributed by atoms with Crippen LogP contribution in [0.25, 0.3) is 0 Å². The van der Waals surface area contributed by atoms with Gasteiger partial charge < -0.3 is 15.2 Å². The number of alkyl halides is 2. The molecule has 1 aromatic carbocycles. The average Bonchev–Trinajstić information content (AvgIpc) is 2.38. The lowest BCUT2D eigenvalue weighted by atomic mass is 9.88. The molecule has 2 N–H and O–H groups in total. The lowest BCUT2D eigenvalue weighted by Gasteiger charge is -2.28. The summed E-state index contributed by atoms with van der Waals surface area (Å²) in [6.07, 6.45) is 1.81. The molecule has 0 bridgehead atoms. The summed E-state index contributed by atoms with van der Waals surface area (Å²) in [6, 6.07) is 6.47. The van der Waals surface area contributed by atoms with Crippen LogP contribution in [0.3, 0.4) is 0 Å². The number of halogens is 3. The monoisotopic (exact) mass is 293 g/mol. The Morgan fingerprint density at radius 1 is 1.26 bits per heavy atom. The van der Waals surface area contributed by atoms with Crippen molar-refractivity contribution < 1.29 is 18.3 Å². The van der Waals surface area contributed by atoms with E-state index in [1.165, 1.54) is 6.07 Å². The van der Waals surface area contributed by atoms with Gasteiger partial charge in [0.2, 0.25) is 0 Å². The van der Waals surface area contributed by atoms with Crippen molar-refractivity contribution in [2.45, 2.75) is 25.5 Å². The Hall–Kier alpha value is -0.910. The number of hydrogen-bond donors (Lipinski definition) is 1. The normalized spacial score (nSPS) is 17.9. The summed E-state index contributed by atoms with van der Waals surface area (Å²) in [6.45, 7) is -1.38. The third-order valence-corrected chi connectivity index (χ3v) is 3.24. The van der Waals surface area contributed by atoms with Gasteiger partial charge in [-0.25, -0.2) is 0 Å². The van der Waals surface area contributed by atoms with Gasteiger partial charge in [0.25, 0.3) is 0 Å². The van der Waals surface area contributed by atoms with Gasteiger partial charge in [-0.1, -0.05) is 12.1 Å². The molecule has 1 heterocycles. The Kier molecular flexibility index (Phi) is 6.48. The molecular formula is C13H18ClF2NO2. The Bertz CT molecular complexity index is 387. The van der Waals surface area contributed by atoms with Crippen molar-refractivity contribution in [2.24, 2.45) is 11.7 Å². The molecule has 0 radical (unpaired) electrons. The molecule has 3 nitrogen and oxygen atoms in total. The molecule has 1 aliphatic rings. The van der Waals surface area contributed by atoms with Crippen molar-refractivity contribution in [3.05, 3.63) is 29.8 Å². The molecular weight excluding hydrogens is 276 g/mol. The molecule has 1 saturated heterocycles. The molecule has 0 unspecified atom stereocenters. The number of ether oxygens (including phenoxy) is 2. The zero-order valence-corrected chi connectivity index (χ0v) is 11.2. The van der Waals surface area contributed by atoms with E-state index in [-0.39, 0.29) is 24.2 Å². The summed E-state index contributed by atoms with van der Waals surface area (Å²) < 4.78 is 33.9. The van der Waals surface area contributed by atoms with Gasteiger partial charge in [-0.2, -0.15) is 8.78 Å². The Labute approximate surface area is 117 Å². The highest BCUT2D eigenvalue weighted by Gasteiger charge is 2.22. The predicted octanol–water partition coefficient (Wildman–Crippen LogP) is 3.14. The highest BCUT2D eigenvalue weighted by molar-refractivity contribution is 5.85. The first-order valence-electron chi connectivity index (χ1n) is 6.05. The topological polar surface area (TPSA) is 44.5 Å². The van der Waals surface area contributed by atoms with Crippen LogP contribution in [0.15, 0.2) is 24.3 Å². The maximum Gasteiger partial charge on any atom is 0.387 e. The third kappa shape index (κ3) is 4.60. The summed E-state index contributed by atoms with van der Waals surface area (Å²) in [5.41, 5.74) is 7.00.